The highest BCUT2D eigenvalue weighted by atomic mass is 127. The van der Waals surface area contributed by atoms with E-state index in [0.29, 0.717) is 5.41 Å². The van der Waals surface area contributed by atoms with Crippen LogP contribution in [-0.4, -0.2) is 29.0 Å². The maximum atomic E-state index is 2.62. The van der Waals surface area contributed by atoms with Gasteiger partial charge in [0.1, 0.15) is 0 Å². The van der Waals surface area contributed by atoms with Gasteiger partial charge in [0.05, 0.1) is 0 Å². The van der Waals surface area contributed by atoms with Crippen LogP contribution in [0.2, 0.25) is 0 Å². The highest BCUT2D eigenvalue weighted by Gasteiger charge is 2.23. The second-order valence-electron chi connectivity index (χ2n) is 4.59. The van der Waals surface area contributed by atoms with Crippen molar-refractivity contribution in [2.45, 2.75) is 33.1 Å². The van der Waals surface area contributed by atoms with E-state index >= 15 is 0 Å². The molecular formula is C10H20IN. The summed E-state index contributed by atoms with van der Waals surface area (Å²) in [6.07, 6.45) is 4.23. The Hall–Kier alpha value is 0.690. The van der Waals surface area contributed by atoms with Gasteiger partial charge in [-0.05, 0) is 24.8 Å². The third-order valence-corrected chi connectivity index (χ3v) is 3.11. The number of rotatable bonds is 2. The Balaban J connectivity index is 2.42. The van der Waals surface area contributed by atoms with Crippen LogP contribution in [0.25, 0.3) is 0 Å². The Bertz CT molecular complexity index is 134. The molecule has 0 unspecified atom stereocenters. The molecule has 0 aromatic heterocycles. The van der Waals surface area contributed by atoms with Gasteiger partial charge in [0.25, 0.3) is 0 Å². The van der Waals surface area contributed by atoms with Crippen LogP contribution in [0.3, 0.4) is 0 Å². The Morgan fingerprint density at radius 2 is 2.08 bits per heavy atom. The lowest BCUT2D eigenvalue weighted by atomic mass is 9.88. The number of hydrogen-bond donors (Lipinski definition) is 0. The number of halogens is 1. The van der Waals surface area contributed by atoms with Crippen molar-refractivity contribution in [3.63, 3.8) is 0 Å². The molecule has 72 valence electrons. The van der Waals surface area contributed by atoms with Crippen molar-refractivity contribution in [2.24, 2.45) is 5.41 Å². The lowest BCUT2D eigenvalue weighted by molar-refractivity contribution is 0.205. The zero-order valence-electron chi connectivity index (χ0n) is 8.27. The van der Waals surface area contributed by atoms with E-state index in [1.165, 1.54) is 43.3 Å². The molecule has 0 aromatic rings. The van der Waals surface area contributed by atoms with E-state index in [4.69, 9.17) is 0 Å². The van der Waals surface area contributed by atoms with Gasteiger partial charge in [-0.25, -0.2) is 0 Å². The van der Waals surface area contributed by atoms with E-state index < -0.39 is 0 Å². The van der Waals surface area contributed by atoms with Gasteiger partial charge in [0.15, 0.2) is 0 Å². The van der Waals surface area contributed by atoms with Crippen LogP contribution in [0.5, 0.6) is 0 Å². The second kappa shape index (κ2) is 4.80. The van der Waals surface area contributed by atoms with Gasteiger partial charge in [-0.1, -0.05) is 42.9 Å². The summed E-state index contributed by atoms with van der Waals surface area (Å²) in [7, 11) is 0. The minimum absolute atomic E-state index is 0.558. The van der Waals surface area contributed by atoms with E-state index in [2.05, 4.69) is 41.3 Å². The average Bonchev–Trinajstić information content (AvgIpc) is 2.11. The average molecular weight is 281 g/mol. The Morgan fingerprint density at radius 1 is 1.33 bits per heavy atom. The molecule has 0 atom stereocenters. The van der Waals surface area contributed by atoms with Gasteiger partial charge in [-0.2, -0.15) is 0 Å². The standard InChI is InChI=1S/C10H20IN/c1-10(2)5-3-4-7-12(9-10)8-6-11/h3-9H2,1-2H3. The minimum Gasteiger partial charge on any atom is -0.302 e. The first-order valence-corrected chi connectivity index (χ1v) is 6.45. The smallest absolute Gasteiger partial charge is 0.0123 e. The molecule has 0 saturated carbocycles. The van der Waals surface area contributed by atoms with Gasteiger partial charge in [-0.3, -0.25) is 0 Å². The summed E-state index contributed by atoms with van der Waals surface area (Å²) < 4.78 is 1.27. The van der Waals surface area contributed by atoms with Crippen LogP contribution in [0.1, 0.15) is 33.1 Å². The van der Waals surface area contributed by atoms with Crippen LogP contribution in [-0.2, 0) is 0 Å². The molecule has 1 rings (SSSR count). The molecule has 0 radical (unpaired) electrons. The summed E-state index contributed by atoms with van der Waals surface area (Å²) >= 11 is 2.47. The van der Waals surface area contributed by atoms with E-state index in [-0.39, 0.29) is 0 Å². The fourth-order valence-electron chi connectivity index (χ4n) is 2.01. The van der Waals surface area contributed by atoms with Crippen molar-refractivity contribution >= 4 is 22.6 Å². The summed E-state index contributed by atoms with van der Waals surface area (Å²) in [6, 6.07) is 0. The normalized spacial score (nSPS) is 25.2. The molecule has 0 aliphatic carbocycles. The second-order valence-corrected chi connectivity index (χ2v) is 5.67. The first-order chi connectivity index (χ1) is 5.64. The lowest BCUT2D eigenvalue weighted by Gasteiger charge is -2.28. The zero-order valence-corrected chi connectivity index (χ0v) is 10.4. The van der Waals surface area contributed by atoms with Gasteiger partial charge in [0, 0.05) is 17.5 Å². The summed E-state index contributed by atoms with van der Waals surface area (Å²) in [5.41, 5.74) is 0.558. The summed E-state index contributed by atoms with van der Waals surface area (Å²) in [6.45, 7) is 8.71. The van der Waals surface area contributed by atoms with Crippen molar-refractivity contribution in [3.8, 4) is 0 Å². The van der Waals surface area contributed by atoms with Crippen LogP contribution >= 0.6 is 22.6 Å². The molecular weight excluding hydrogens is 261 g/mol. The quantitative estimate of drug-likeness (QED) is 0.555. The third-order valence-electron chi connectivity index (χ3n) is 2.63. The van der Waals surface area contributed by atoms with Crippen molar-refractivity contribution in [2.75, 3.05) is 24.1 Å². The molecule has 0 N–H and O–H groups in total. The largest absolute Gasteiger partial charge is 0.302 e. The third kappa shape index (κ3) is 3.60. The van der Waals surface area contributed by atoms with Crippen LogP contribution in [0.4, 0.5) is 0 Å². The highest BCUT2D eigenvalue weighted by molar-refractivity contribution is 14.1. The fourth-order valence-corrected chi connectivity index (χ4v) is 2.70. The summed E-state index contributed by atoms with van der Waals surface area (Å²) in [4.78, 5) is 2.62. The Morgan fingerprint density at radius 3 is 2.75 bits per heavy atom. The molecule has 2 heteroatoms. The maximum Gasteiger partial charge on any atom is 0.0123 e. The zero-order chi connectivity index (χ0) is 9.03. The topological polar surface area (TPSA) is 3.24 Å². The number of nitrogens with zero attached hydrogens (tertiary/aromatic N) is 1. The molecule has 1 fully saturated rings. The Labute approximate surface area is 90.0 Å². The van der Waals surface area contributed by atoms with Crippen LogP contribution in [0.15, 0.2) is 0 Å². The molecule has 1 aliphatic rings. The van der Waals surface area contributed by atoms with Gasteiger partial charge in [0.2, 0.25) is 0 Å². The summed E-state index contributed by atoms with van der Waals surface area (Å²) in [5, 5.41) is 0. The van der Waals surface area contributed by atoms with Crippen molar-refractivity contribution in [3.05, 3.63) is 0 Å². The van der Waals surface area contributed by atoms with E-state index in [0.717, 1.165) is 0 Å². The number of alkyl halides is 1. The number of hydrogen-bond acceptors (Lipinski definition) is 1. The monoisotopic (exact) mass is 281 g/mol. The fraction of sp³-hybridized carbons (Fsp3) is 1.00. The molecule has 0 aromatic carbocycles. The predicted octanol–water partition coefficient (Wildman–Crippen LogP) is 2.93. The molecule has 1 saturated heterocycles. The predicted molar refractivity (Wildman–Crippen MR) is 63.0 cm³/mol. The molecule has 0 bridgehead atoms. The van der Waals surface area contributed by atoms with Crippen LogP contribution < -0.4 is 0 Å². The van der Waals surface area contributed by atoms with Crippen molar-refractivity contribution in [1.29, 1.82) is 0 Å². The van der Waals surface area contributed by atoms with Gasteiger partial charge in [-0.15, -0.1) is 0 Å². The first-order valence-electron chi connectivity index (χ1n) is 4.92. The molecule has 12 heavy (non-hydrogen) atoms. The van der Waals surface area contributed by atoms with Crippen LogP contribution in [0, 0.1) is 5.41 Å². The maximum absolute atomic E-state index is 2.62. The molecule has 0 spiro atoms. The van der Waals surface area contributed by atoms with Crippen molar-refractivity contribution < 1.29 is 0 Å². The summed E-state index contributed by atoms with van der Waals surface area (Å²) in [5.74, 6) is 0. The van der Waals surface area contributed by atoms with Crippen molar-refractivity contribution in [1.82, 2.24) is 4.90 Å². The first kappa shape index (κ1) is 10.8. The molecule has 1 heterocycles. The molecule has 0 amide bonds. The highest BCUT2D eigenvalue weighted by Crippen LogP contribution is 2.27. The van der Waals surface area contributed by atoms with E-state index in [1.54, 1.807) is 0 Å². The minimum atomic E-state index is 0.558. The molecule has 1 nitrogen and oxygen atoms in total. The Kier molecular flexibility index (Phi) is 4.30. The van der Waals surface area contributed by atoms with Gasteiger partial charge < -0.3 is 4.90 Å². The molecule has 1 aliphatic heterocycles. The van der Waals surface area contributed by atoms with Gasteiger partial charge >= 0.3 is 0 Å². The SMILES string of the molecule is CC1(C)CCCCN(CCI)C1. The van der Waals surface area contributed by atoms with E-state index in [1.807, 2.05) is 0 Å². The number of likely N-dealkylation sites (tertiary alicyclic amines) is 1. The van der Waals surface area contributed by atoms with E-state index in [9.17, 15) is 0 Å². The lowest BCUT2D eigenvalue weighted by Crippen LogP contribution is -2.33.